The minimum absolute atomic E-state index is 0.0679. The Morgan fingerprint density at radius 3 is 2.37 bits per heavy atom. The predicted molar refractivity (Wildman–Crippen MR) is 79.1 cm³/mol. The predicted octanol–water partition coefficient (Wildman–Crippen LogP) is 3.80. The van der Waals surface area contributed by atoms with Gasteiger partial charge in [0.25, 0.3) is 0 Å². The SMILES string of the molecule is CC(C)NC(=O)CC1(c2ccccc2)CCCCC1. The van der Waals surface area contributed by atoms with Crippen molar-refractivity contribution < 1.29 is 4.79 Å². The summed E-state index contributed by atoms with van der Waals surface area (Å²) in [6.45, 7) is 4.04. The quantitative estimate of drug-likeness (QED) is 0.875. The van der Waals surface area contributed by atoms with Gasteiger partial charge in [-0.2, -0.15) is 0 Å². The molecule has 0 bridgehead atoms. The highest BCUT2D eigenvalue weighted by molar-refractivity contribution is 5.78. The molecule has 0 aliphatic heterocycles. The maximum atomic E-state index is 12.2. The van der Waals surface area contributed by atoms with Crippen LogP contribution in [0.4, 0.5) is 0 Å². The molecule has 1 aliphatic rings. The topological polar surface area (TPSA) is 29.1 Å². The van der Waals surface area contributed by atoms with E-state index >= 15 is 0 Å². The van der Waals surface area contributed by atoms with E-state index in [1.807, 2.05) is 19.9 Å². The lowest BCUT2D eigenvalue weighted by Gasteiger charge is -2.37. The molecule has 0 unspecified atom stereocenters. The summed E-state index contributed by atoms with van der Waals surface area (Å²) >= 11 is 0. The third-order valence-electron chi connectivity index (χ3n) is 4.15. The number of amides is 1. The van der Waals surface area contributed by atoms with E-state index in [4.69, 9.17) is 0 Å². The van der Waals surface area contributed by atoms with Crippen LogP contribution >= 0.6 is 0 Å². The van der Waals surface area contributed by atoms with Crippen LogP contribution in [0, 0.1) is 0 Å². The Morgan fingerprint density at radius 2 is 1.79 bits per heavy atom. The molecule has 2 heteroatoms. The zero-order chi connectivity index (χ0) is 13.7. The molecule has 0 atom stereocenters. The molecule has 1 aliphatic carbocycles. The highest BCUT2D eigenvalue weighted by Crippen LogP contribution is 2.42. The summed E-state index contributed by atoms with van der Waals surface area (Å²) in [5, 5.41) is 3.05. The highest BCUT2D eigenvalue weighted by atomic mass is 16.1. The summed E-state index contributed by atoms with van der Waals surface area (Å²) in [7, 11) is 0. The van der Waals surface area contributed by atoms with Crippen LogP contribution in [0.25, 0.3) is 0 Å². The van der Waals surface area contributed by atoms with Gasteiger partial charge < -0.3 is 5.32 Å². The molecule has 1 saturated carbocycles. The van der Waals surface area contributed by atoms with Crippen molar-refractivity contribution in [1.29, 1.82) is 0 Å². The second-order valence-electron chi connectivity index (χ2n) is 6.11. The van der Waals surface area contributed by atoms with E-state index in [-0.39, 0.29) is 17.4 Å². The Labute approximate surface area is 116 Å². The zero-order valence-corrected chi connectivity index (χ0v) is 12.1. The van der Waals surface area contributed by atoms with E-state index in [1.54, 1.807) is 0 Å². The van der Waals surface area contributed by atoms with Crippen LogP contribution in [0.5, 0.6) is 0 Å². The van der Waals surface area contributed by atoms with Gasteiger partial charge in [0.15, 0.2) is 0 Å². The number of carbonyl (C=O) groups excluding carboxylic acids is 1. The third kappa shape index (κ3) is 3.59. The third-order valence-corrected chi connectivity index (χ3v) is 4.15. The number of nitrogens with one attached hydrogen (secondary N) is 1. The molecule has 0 saturated heterocycles. The molecular formula is C17H25NO. The first-order valence-electron chi connectivity index (χ1n) is 7.47. The van der Waals surface area contributed by atoms with Gasteiger partial charge in [-0.3, -0.25) is 4.79 Å². The maximum Gasteiger partial charge on any atom is 0.221 e. The van der Waals surface area contributed by atoms with Gasteiger partial charge in [0.05, 0.1) is 0 Å². The molecule has 0 radical (unpaired) electrons. The molecule has 2 rings (SSSR count). The number of rotatable bonds is 4. The van der Waals surface area contributed by atoms with Gasteiger partial charge in [-0.25, -0.2) is 0 Å². The van der Waals surface area contributed by atoms with Crippen LogP contribution in [-0.4, -0.2) is 11.9 Å². The second-order valence-corrected chi connectivity index (χ2v) is 6.11. The summed E-state index contributed by atoms with van der Waals surface area (Å²) in [6, 6.07) is 10.8. The van der Waals surface area contributed by atoms with Crippen molar-refractivity contribution in [3.05, 3.63) is 35.9 Å². The van der Waals surface area contributed by atoms with Crippen LogP contribution in [-0.2, 0) is 10.2 Å². The molecule has 0 spiro atoms. The Kier molecular flexibility index (Phi) is 4.62. The number of hydrogen-bond donors (Lipinski definition) is 1. The molecule has 1 amide bonds. The van der Waals surface area contributed by atoms with Crippen LogP contribution in [0.1, 0.15) is 57.9 Å². The summed E-state index contributed by atoms with van der Waals surface area (Å²) in [4.78, 5) is 12.2. The summed E-state index contributed by atoms with van der Waals surface area (Å²) in [5.74, 6) is 0.195. The van der Waals surface area contributed by atoms with Crippen LogP contribution in [0.15, 0.2) is 30.3 Å². The first kappa shape index (κ1) is 14.1. The average Bonchev–Trinajstić information content (AvgIpc) is 2.40. The molecule has 1 N–H and O–H groups in total. The van der Waals surface area contributed by atoms with Gasteiger partial charge in [0.1, 0.15) is 0 Å². The first-order valence-corrected chi connectivity index (χ1v) is 7.47. The highest BCUT2D eigenvalue weighted by Gasteiger charge is 2.35. The molecule has 1 aromatic rings. The average molecular weight is 259 g/mol. The van der Waals surface area contributed by atoms with E-state index in [2.05, 4.69) is 29.6 Å². The monoisotopic (exact) mass is 259 g/mol. The van der Waals surface area contributed by atoms with Gasteiger partial charge in [-0.05, 0) is 32.3 Å². The Hall–Kier alpha value is -1.31. The molecule has 0 aromatic heterocycles. The lowest BCUT2D eigenvalue weighted by Crippen LogP contribution is -2.38. The normalized spacial score (nSPS) is 18.3. The van der Waals surface area contributed by atoms with E-state index in [0.717, 1.165) is 12.8 Å². The van der Waals surface area contributed by atoms with Crippen molar-refractivity contribution in [2.45, 2.75) is 63.8 Å². The lowest BCUT2D eigenvalue weighted by atomic mass is 9.67. The van der Waals surface area contributed by atoms with Gasteiger partial charge in [-0.1, -0.05) is 49.6 Å². The van der Waals surface area contributed by atoms with Crippen LogP contribution < -0.4 is 5.32 Å². The molecule has 1 aromatic carbocycles. The smallest absolute Gasteiger partial charge is 0.221 e. The zero-order valence-electron chi connectivity index (χ0n) is 12.1. The Balaban J connectivity index is 2.18. The first-order chi connectivity index (χ1) is 9.12. The molecule has 1 fully saturated rings. The Bertz CT molecular complexity index is 405. The van der Waals surface area contributed by atoms with Crippen LogP contribution in [0.2, 0.25) is 0 Å². The van der Waals surface area contributed by atoms with E-state index < -0.39 is 0 Å². The summed E-state index contributed by atoms with van der Waals surface area (Å²) < 4.78 is 0. The fourth-order valence-corrected chi connectivity index (χ4v) is 3.27. The van der Waals surface area contributed by atoms with E-state index in [1.165, 1.54) is 24.8 Å². The number of hydrogen-bond acceptors (Lipinski definition) is 1. The summed E-state index contributed by atoms with van der Waals surface area (Å²) in [5.41, 5.74) is 1.41. The number of benzene rings is 1. The summed E-state index contributed by atoms with van der Waals surface area (Å²) in [6.07, 6.45) is 6.70. The molecule has 19 heavy (non-hydrogen) atoms. The Morgan fingerprint density at radius 1 is 1.16 bits per heavy atom. The van der Waals surface area contributed by atoms with Crippen molar-refractivity contribution in [2.24, 2.45) is 0 Å². The van der Waals surface area contributed by atoms with Crippen LogP contribution in [0.3, 0.4) is 0 Å². The minimum atomic E-state index is 0.0679. The van der Waals surface area contributed by atoms with Gasteiger partial charge in [0.2, 0.25) is 5.91 Å². The van der Waals surface area contributed by atoms with Gasteiger partial charge in [-0.15, -0.1) is 0 Å². The van der Waals surface area contributed by atoms with Crippen molar-refractivity contribution in [3.8, 4) is 0 Å². The largest absolute Gasteiger partial charge is 0.354 e. The van der Waals surface area contributed by atoms with E-state index in [0.29, 0.717) is 6.42 Å². The molecule has 2 nitrogen and oxygen atoms in total. The van der Waals surface area contributed by atoms with Crippen molar-refractivity contribution in [3.63, 3.8) is 0 Å². The maximum absolute atomic E-state index is 12.2. The fraction of sp³-hybridized carbons (Fsp3) is 0.588. The molecular weight excluding hydrogens is 234 g/mol. The van der Waals surface area contributed by atoms with Crippen molar-refractivity contribution in [1.82, 2.24) is 5.32 Å². The van der Waals surface area contributed by atoms with Gasteiger partial charge >= 0.3 is 0 Å². The lowest BCUT2D eigenvalue weighted by molar-refractivity contribution is -0.123. The van der Waals surface area contributed by atoms with Gasteiger partial charge in [0, 0.05) is 17.9 Å². The minimum Gasteiger partial charge on any atom is -0.354 e. The standard InChI is InChI=1S/C17H25NO/c1-14(2)18-16(19)13-17(11-7-4-8-12-17)15-9-5-3-6-10-15/h3,5-6,9-10,14H,4,7-8,11-13H2,1-2H3,(H,18,19). The van der Waals surface area contributed by atoms with Crippen molar-refractivity contribution in [2.75, 3.05) is 0 Å². The number of carbonyl (C=O) groups is 1. The molecule has 104 valence electrons. The fourth-order valence-electron chi connectivity index (χ4n) is 3.27. The van der Waals surface area contributed by atoms with Crippen molar-refractivity contribution >= 4 is 5.91 Å². The van der Waals surface area contributed by atoms with E-state index in [9.17, 15) is 4.79 Å². The second kappa shape index (κ2) is 6.23. The molecule has 0 heterocycles.